The van der Waals surface area contributed by atoms with Crippen molar-refractivity contribution in [1.29, 1.82) is 0 Å². The summed E-state index contributed by atoms with van der Waals surface area (Å²) in [5, 5.41) is 2.59. The summed E-state index contributed by atoms with van der Waals surface area (Å²) in [6.45, 7) is 3.98. The Labute approximate surface area is 184 Å². The Kier molecular flexibility index (Phi) is 6.67. The summed E-state index contributed by atoms with van der Waals surface area (Å²) in [5.41, 5.74) is 1.92. The first-order valence-electron chi connectivity index (χ1n) is 9.79. The second-order valence-corrected chi connectivity index (χ2v) is 8.61. The van der Waals surface area contributed by atoms with Crippen molar-refractivity contribution >= 4 is 28.8 Å². The van der Waals surface area contributed by atoms with Gasteiger partial charge >= 0.3 is 0 Å². The molecule has 1 fully saturated rings. The van der Waals surface area contributed by atoms with E-state index >= 15 is 0 Å². The molecule has 30 heavy (non-hydrogen) atoms. The van der Waals surface area contributed by atoms with E-state index in [1.54, 1.807) is 24.3 Å². The monoisotopic (exact) mass is 444 g/mol. The molecule has 1 aliphatic heterocycles. The van der Waals surface area contributed by atoms with Gasteiger partial charge in [-0.2, -0.15) is 0 Å². The molecule has 2 heterocycles. The second-order valence-electron chi connectivity index (χ2n) is 7.26. The molecule has 0 N–H and O–H groups in total. The van der Waals surface area contributed by atoms with Crippen molar-refractivity contribution in [3.63, 3.8) is 0 Å². The zero-order chi connectivity index (χ0) is 20.9. The fraction of sp³-hybridized carbons (Fsp3) is 0.261. The van der Waals surface area contributed by atoms with Crippen molar-refractivity contribution in [2.75, 3.05) is 26.2 Å². The quantitative estimate of drug-likeness (QED) is 0.531. The van der Waals surface area contributed by atoms with E-state index in [1.807, 2.05) is 34.5 Å². The van der Waals surface area contributed by atoms with Gasteiger partial charge in [-0.1, -0.05) is 29.8 Å². The molecule has 2 aromatic carbocycles. The lowest BCUT2D eigenvalue weighted by Gasteiger charge is -2.34. The van der Waals surface area contributed by atoms with Gasteiger partial charge in [-0.05, 0) is 47.3 Å². The van der Waals surface area contributed by atoms with Crippen LogP contribution in [0.3, 0.4) is 0 Å². The molecule has 1 aromatic heterocycles. The minimum absolute atomic E-state index is 0.0550. The number of halogens is 2. The molecule has 0 saturated carbocycles. The van der Waals surface area contributed by atoms with Crippen LogP contribution in [0.4, 0.5) is 4.39 Å². The summed E-state index contributed by atoms with van der Waals surface area (Å²) in [7, 11) is 0. The highest BCUT2D eigenvalue weighted by Crippen LogP contribution is 2.22. The molecule has 1 saturated heterocycles. The van der Waals surface area contributed by atoms with Crippen LogP contribution in [0.15, 0.2) is 60.0 Å². The third-order valence-electron chi connectivity index (χ3n) is 5.02. The molecule has 0 unspecified atom stereocenters. The van der Waals surface area contributed by atoms with Crippen molar-refractivity contribution in [3.8, 4) is 5.75 Å². The molecule has 0 bridgehead atoms. The summed E-state index contributed by atoms with van der Waals surface area (Å²) in [4.78, 5) is 17.7. The molecule has 4 nitrogen and oxygen atoms in total. The van der Waals surface area contributed by atoms with Crippen molar-refractivity contribution in [3.05, 3.63) is 86.8 Å². The summed E-state index contributed by atoms with van der Waals surface area (Å²) in [6, 6.07) is 15.8. The first-order valence-corrected chi connectivity index (χ1v) is 11.0. The van der Waals surface area contributed by atoms with Gasteiger partial charge in [0.15, 0.2) is 0 Å². The van der Waals surface area contributed by atoms with Crippen LogP contribution in [0.25, 0.3) is 0 Å². The van der Waals surface area contributed by atoms with E-state index in [0.29, 0.717) is 37.0 Å². The molecule has 156 valence electrons. The highest BCUT2D eigenvalue weighted by atomic mass is 35.5. The number of carbonyl (C=O) groups is 1. The number of nitrogens with zero attached hydrogens (tertiary/aromatic N) is 2. The van der Waals surface area contributed by atoms with E-state index in [9.17, 15) is 9.18 Å². The van der Waals surface area contributed by atoms with Crippen LogP contribution in [0.2, 0.25) is 5.02 Å². The molecular weight excluding hydrogens is 423 g/mol. The predicted molar refractivity (Wildman–Crippen MR) is 118 cm³/mol. The summed E-state index contributed by atoms with van der Waals surface area (Å²) in [5.74, 6) is 0.546. The number of thiophene rings is 1. The number of carbonyl (C=O) groups excluding carboxylic acids is 1. The van der Waals surface area contributed by atoms with Gasteiger partial charge in [0.1, 0.15) is 18.2 Å². The Morgan fingerprint density at radius 2 is 1.83 bits per heavy atom. The Morgan fingerprint density at radius 1 is 1.03 bits per heavy atom. The minimum atomic E-state index is -0.214. The Balaban J connectivity index is 1.28. The smallest absolute Gasteiger partial charge is 0.264 e. The van der Waals surface area contributed by atoms with Gasteiger partial charge in [0.2, 0.25) is 0 Å². The average Bonchev–Trinajstić information content (AvgIpc) is 3.22. The normalized spacial score (nSPS) is 14.7. The second kappa shape index (κ2) is 9.60. The van der Waals surface area contributed by atoms with E-state index in [1.165, 1.54) is 17.4 Å². The van der Waals surface area contributed by atoms with Crippen LogP contribution in [-0.2, 0) is 13.2 Å². The van der Waals surface area contributed by atoms with E-state index in [0.717, 1.165) is 29.1 Å². The topological polar surface area (TPSA) is 32.8 Å². The fourth-order valence-corrected chi connectivity index (χ4v) is 4.49. The van der Waals surface area contributed by atoms with Crippen molar-refractivity contribution < 1.29 is 13.9 Å². The third-order valence-corrected chi connectivity index (χ3v) is 6.22. The number of amides is 1. The van der Waals surface area contributed by atoms with Crippen LogP contribution in [0.5, 0.6) is 5.75 Å². The molecular formula is C23H22ClFN2O2S. The van der Waals surface area contributed by atoms with Crippen LogP contribution < -0.4 is 4.74 Å². The largest absolute Gasteiger partial charge is 0.489 e. The van der Waals surface area contributed by atoms with Crippen molar-refractivity contribution in [2.45, 2.75) is 13.2 Å². The fourth-order valence-electron chi connectivity index (χ4n) is 3.45. The minimum Gasteiger partial charge on any atom is -0.489 e. The van der Waals surface area contributed by atoms with E-state index in [-0.39, 0.29) is 11.7 Å². The Morgan fingerprint density at radius 3 is 2.60 bits per heavy atom. The summed E-state index contributed by atoms with van der Waals surface area (Å²) >= 11 is 7.41. The predicted octanol–water partition coefficient (Wildman–Crippen LogP) is 5.08. The van der Waals surface area contributed by atoms with Gasteiger partial charge in [0.25, 0.3) is 5.91 Å². The number of hydrogen-bond donors (Lipinski definition) is 0. The van der Waals surface area contributed by atoms with Crippen molar-refractivity contribution in [2.24, 2.45) is 0 Å². The van der Waals surface area contributed by atoms with E-state index in [4.69, 9.17) is 16.3 Å². The van der Waals surface area contributed by atoms with Gasteiger partial charge in [0.05, 0.1) is 4.88 Å². The van der Waals surface area contributed by atoms with E-state index < -0.39 is 0 Å². The maximum absolute atomic E-state index is 13.4. The van der Waals surface area contributed by atoms with Crippen molar-refractivity contribution in [1.82, 2.24) is 9.80 Å². The lowest BCUT2D eigenvalue weighted by molar-refractivity contribution is 0.0633. The van der Waals surface area contributed by atoms with Gasteiger partial charge in [-0.3, -0.25) is 9.69 Å². The SMILES string of the molecule is O=C(c1cc(COc2cccc(Cl)c2)cs1)N1CCN(Cc2cccc(F)c2)CC1. The molecule has 0 radical (unpaired) electrons. The van der Waals surface area contributed by atoms with Crippen LogP contribution in [0, 0.1) is 5.82 Å². The first kappa shape index (κ1) is 20.8. The Hall–Kier alpha value is -2.41. The first-order chi connectivity index (χ1) is 14.6. The van der Waals surface area contributed by atoms with Gasteiger partial charge in [-0.15, -0.1) is 11.3 Å². The molecule has 0 atom stereocenters. The number of rotatable bonds is 6. The standard InChI is InChI=1S/C23H22ClFN2O2S/c24-19-4-2-6-21(13-19)29-15-18-12-22(30-16-18)23(28)27-9-7-26(8-10-27)14-17-3-1-5-20(25)11-17/h1-6,11-13,16H,7-10,14-15H2. The number of benzene rings is 2. The highest BCUT2D eigenvalue weighted by molar-refractivity contribution is 7.12. The highest BCUT2D eigenvalue weighted by Gasteiger charge is 2.23. The lowest BCUT2D eigenvalue weighted by atomic mass is 10.2. The van der Waals surface area contributed by atoms with E-state index in [2.05, 4.69) is 4.90 Å². The zero-order valence-electron chi connectivity index (χ0n) is 16.4. The summed E-state index contributed by atoms with van der Waals surface area (Å²) in [6.07, 6.45) is 0. The molecule has 3 aromatic rings. The molecule has 1 amide bonds. The summed E-state index contributed by atoms with van der Waals surface area (Å²) < 4.78 is 19.1. The Bertz CT molecular complexity index is 1020. The van der Waals surface area contributed by atoms with Gasteiger partial charge in [-0.25, -0.2) is 4.39 Å². The van der Waals surface area contributed by atoms with Crippen LogP contribution in [-0.4, -0.2) is 41.9 Å². The average molecular weight is 445 g/mol. The molecule has 0 spiro atoms. The van der Waals surface area contributed by atoms with Gasteiger partial charge < -0.3 is 9.64 Å². The maximum atomic E-state index is 13.4. The van der Waals surface area contributed by atoms with Crippen LogP contribution in [0.1, 0.15) is 20.8 Å². The number of hydrogen-bond acceptors (Lipinski definition) is 4. The third kappa shape index (κ3) is 5.39. The zero-order valence-corrected chi connectivity index (χ0v) is 18.0. The number of ether oxygens (including phenoxy) is 1. The lowest BCUT2D eigenvalue weighted by Crippen LogP contribution is -2.48. The number of piperazine rings is 1. The molecule has 0 aliphatic carbocycles. The molecule has 7 heteroatoms. The maximum Gasteiger partial charge on any atom is 0.264 e. The molecule has 1 aliphatic rings. The molecule has 4 rings (SSSR count). The van der Waals surface area contributed by atoms with Gasteiger partial charge in [0, 0.05) is 43.3 Å². The van der Waals surface area contributed by atoms with Crippen LogP contribution >= 0.6 is 22.9 Å².